The Kier molecular flexibility index (Phi) is 9.78. The number of pyridine rings is 1. The van der Waals surface area contributed by atoms with E-state index in [4.69, 9.17) is 21.6 Å². The molecule has 1 fully saturated rings. The van der Waals surface area contributed by atoms with Crippen LogP contribution in [-0.2, 0) is 12.7 Å². The van der Waals surface area contributed by atoms with Gasteiger partial charge >= 0.3 is 18.2 Å². The molecule has 1 aliphatic carbocycles. The fourth-order valence-corrected chi connectivity index (χ4v) is 8.09. The number of fused-ring (bicyclic) bond motifs is 6. The molecule has 1 aromatic heterocycles. The van der Waals surface area contributed by atoms with Crippen LogP contribution in [0.3, 0.4) is 0 Å². The summed E-state index contributed by atoms with van der Waals surface area (Å²) in [5.41, 5.74) is 3.67. The number of anilines is 4. The molecule has 4 aromatic carbocycles. The molecule has 2 amide bonds. The number of thiocarbonyl (C=S) groups is 1. The van der Waals surface area contributed by atoms with Crippen LogP contribution in [-0.4, -0.2) is 51.4 Å². The van der Waals surface area contributed by atoms with E-state index < -0.39 is 23.7 Å². The number of urea groups is 1. The van der Waals surface area contributed by atoms with Gasteiger partial charge in [-0.3, -0.25) is 9.69 Å². The molecule has 4 heterocycles. The number of phenols is 1. The van der Waals surface area contributed by atoms with E-state index in [-0.39, 0.29) is 39.2 Å². The number of amides is 2. The molecule has 9 rings (SSSR count). The number of carboxylic acid groups (broad SMARTS) is 1. The van der Waals surface area contributed by atoms with Crippen molar-refractivity contribution in [2.45, 2.75) is 25.2 Å². The van der Waals surface area contributed by atoms with Crippen LogP contribution in [0.4, 0.5) is 40.8 Å². The van der Waals surface area contributed by atoms with Gasteiger partial charge in [-0.05, 0) is 103 Å². The van der Waals surface area contributed by atoms with Gasteiger partial charge in [0.25, 0.3) is 0 Å². The lowest BCUT2D eigenvalue weighted by Gasteiger charge is -2.36. The molecule has 306 valence electrons. The standard InChI is InChI=1S/C45H33F3N6O6S/c46-45(47,48)26-3-1-2-25(18-26)36-14-15-37-41(52-36)54(29-16-17-53(37)23-29)44(59)51-27-6-4-24(5-7-27)22-49-43(61)50-28-8-11-32(35(19-28)42(57)58)40-33-12-9-30(55)20-38(33)60-39-21-31(56)10-13-34(39)40/h1-15,18-21,29,55H,16-17,22-23H2,(H,51,59)(H,57,58)(H2,49,50,61)/t29-/m0/s1. The Morgan fingerprint density at radius 2 is 1.67 bits per heavy atom. The summed E-state index contributed by atoms with van der Waals surface area (Å²) in [7, 11) is 0. The zero-order valence-corrected chi connectivity index (χ0v) is 32.6. The van der Waals surface area contributed by atoms with Gasteiger partial charge in [0.1, 0.15) is 17.1 Å². The fraction of sp³-hybridized carbons (Fsp3) is 0.133. The second-order valence-electron chi connectivity index (χ2n) is 14.7. The summed E-state index contributed by atoms with van der Waals surface area (Å²) in [5, 5.41) is 30.3. The van der Waals surface area contributed by atoms with Gasteiger partial charge in [0.05, 0.1) is 28.6 Å². The van der Waals surface area contributed by atoms with Crippen molar-refractivity contribution in [1.29, 1.82) is 0 Å². The van der Waals surface area contributed by atoms with Crippen LogP contribution < -0.4 is 31.2 Å². The smallest absolute Gasteiger partial charge is 0.416 e. The van der Waals surface area contributed by atoms with Crippen LogP contribution in [0.1, 0.15) is 27.9 Å². The molecule has 0 radical (unpaired) electrons. The maximum absolute atomic E-state index is 13.8. The minimum Gasteiger partial charge on any atom is -0.508 e. The zero-order chi connectivity index (χ0) is 42.6. The summed E-state index contributed by atoms with van der Waals surface area (Å²) >= 11 is 5.54. The van der Waals surface area contributed by atoms with Crippen molar-refractivity contribution in [3.8, 4) is 39.5 Å². The third kappa shape index (κ3) is 7.64. The van der Waals surface area contributed by atoms with Gasteiger partial charge in [0, 0.05) is 65.2 Å². The average molecular weight is 843 g/mol. The number of aromatic nitrogens is 1. The average Bonchev–Trinajstić information content (AvgIpc) is 3.65. The lowest BCUT2D eigenvalue weighted by molar-refractivity contribution is -0.137. The molecule has 1 saturated heterocycles. The Balaban J connectivity index is 0.878. The zero-order valence-electron chi connectivity index (χ0n) is 31.8. The Labute approximate surface area is 350 Å². The number of aromatic carboxylic acids is 1. The van der Waals surface area contributed by atoms with E-state index in [9.17, 15) is 37.8 Å². The Morgan fingerprint density at radius 1 is 0.885 bits per heavy atom. The van der Waals surface area contributed by atoms with E-state index in [1.807, 2.05) is 12.1 Å². The van der Waals surface area contributed by atoms with E-state index in [2.05, 4.69) is 20.9 Å². The third-order valence-electron chi connectivity index (χ3n) is 10.8. The number of carbonyl (C=O) groups excluding carboxylic acids is 1. The first-order chi connectivity index (χ1) is 29.3. The number of nitrogens with zero attached hydrogens (tertiary/aromatic N) is 3. The molecule has 0 saturated carbocycles. The fourth-order valence-electron chi connectivity index (χ4n) is 7.90. The maximum atomic E-state index is 13.8. The largest absolute Gasteiger partial charge is 0.508 e. The Bertz CT molecular complexity index is 2940. The van der Waals surface area contributed by atoms with Gasteiger partial charge in [-0.15, -0.1) is 0 Å². The molecular formula is C45H33F3N6O6S. The SMILES string of the molecule is O=C(O)c1cc(NC(=S)NCc2ccc(NC(=O)N3c4nc(-c5cccc(C(F)(F)F)c5)ccc4N4CC[C@H]3C4)cc2)ccc1-c1c2ccc(=O)cc-2oc2cc(O)ccc12. The molecule has 2 bridgehead atoms. The van der Waals surface area contributed by atoms with Crippen molar-refractivity contribution in [3.05, 3.63) is 142 Å². The number of aromatic hydroxyl groups is 1. The molecule has 1 atom stereocenters. The minimum absolute atomic E-state index is 0.0382. The molecule has 61 heavy (non-hydrogen) atoms. The molecule has 12 nitrogen and oxygen atoms in total. The summed E-state index contributed by atoms with van der Waals surface area (Å²) < 4.78 is 46.3. The second kappa shape index (κ2) is 15.3. The van der Waals surface area contributed by atoms with Crippen LogP contribution in [0.25, 0.3) is 44.7 Å². The predicted molar refractivity (Wildman–Crippen MR) is 229 cm³/mol. The van der Waals surface area contributed by atoms with Crippen LogP contribution in [0.2, 0.25) is 0 Å². The topological polar surface area (TPSA) is 160 Å². The number of rotatable bonds is 7. The summed E-state index contributed by atoms with van der Waals surface area (Å²) in [5.74, 6) is -0.631. The molecule has 0 unspecified atom stereocenters. The van der Waals surface area contributed by atoms with E-state index in [1.165, 1.54) is 36.4 Å². The summed E-state index contributed by atoms with van der Waals surface area (Å²) in [6.45, 7) is 1.62. The van der Waals surface area contributed by atoms with E-state index in [1.54, 1.807) is 59.5 Å². The number of carboxylic acids is 1. The normalized spacial score (nSPS) is 14.5. The van der Waals surface area contributed by atoms with E-state index in [0.717, 1.165) is 23.4 Å². The van der Waals surface area contributed by atoms with Crippen molar-refractivity contribution < 1.29 is 37.4 Å². The van der Waals surface area contributed by atoms with Crippen LogP contribution in [0.15, 0.2) is 124 Å². The van der Waals surface area contributed by atoms with Gasteiger partial charge in [0.2, 0.25) is 0 Å². The van der Waals surface area contributed by atoms with Gasteiger partial charge in [-0.1, -0.05) is 30.3 Å². The first-order valence-electron chi connectivity index (χ1n) is 19.0. The highest BCUT2D eigenvalue weighted by molar-refractivity contribution is 7.80. The number of hydrogen-bond acceptors (Lipinski definition) is 8. The molecule has 4 aliphatic rings. The number of benzene rings is 5. The van der Waals surface area contributed by atoms with Gasteiger partial charge < -0.3 is 35.5 Å². The predicted octanol–water partition coefficient (Wildman–Crippen LogP) is 9.17. The van der Waals surface area contributed by atoms with Gasteiger partial charge in [0.15, 0.2) is 16.4 Å². The van der Waals surface area contributed by atoms with Crippen LogP contribution in [0, 0.1) is 0 Å². The minimum atomic E-state index is -4.51. The van der Waals surface area contributed by atoms with Crippen molar-refractivity contribution in [1.82, 2.24) is 10.3 Å². The highest BCUT2D eigenvalue weighted by Gasteiger charge is 2.40. The first-order valence-corrected chi connectivity index (χ1v) is 19.4. The summed E-state index contributed by atoms with van der Waals surface area (Å²) in [6.07, 6.45) is -3.80. The number of phenolic OH excluding ortho intramolecular Hbond substituents is 1. The monoisotopic (exact) mass is 842 g/mol. The number of hydrogen-bond donors (Lipinski definition) is 5. The molecular weight excluding hydrogens is 810 g/mol. The first kappa shape index (κ1) is 39.0. The highest BCUT2D eigenvalue weighted by Crippen LogP contribution is 2.43. The van der Waals surface area contributed by atoms with Crippen molar-refractivity contribution >= 4 is 63.2 Å². The molecule has 5 N–H and O–H groups in total. The number of nitrogens with one attached hydrogen (secondary N) is 3. The van der Waals surface area contributed by atoms with Crippen LogP contribution in [0.5, 0.6) is 5.75 Å². The van der Waals surface area contributed by atoms with Gasteiger partial charge in [-0.25, -0.2) is 14.6 Å². The number of carbonyl (C=O) groups is 2. The van der Waals surface area contributed by atoms with E-state index >= 15 is 0 Å². The second-order valence-corrected chi connectivity index (χ2v) is 15.1. The number of alkyl halides is 3. The number of halogens is 3. The molecule has 16 heteroatoms. The third-order valence-corrected chi connectivity index (χ3v) is 11.0. The Hall–Kier alpha value is -7.46. The highest BCUT2D eigenvalue weighted by atomic mass is 32.1. The van der Waals surface area contributed by atoms with Gasteiger partial charge in [-0.2, -0.15) is 13.2 Å². The van der Waals surface area contributed by atoms with Crippen molar-refractivity contribution in [2.75, 3.05) is 33.5 Å². The maximum Gasteiger partial charge on any atom is 0.416 e. The summed E-state index contributed by atoms with van der Waals surface area (Å²) in [4.78, 5) is 47.1. The molecule has 0 spiro atoms. The molecule has 5 aromatic rings. The Morgan fingerprint density at radius 3 is 2.46 bits per heavy atom. The summed E-state index contributed by atoms with van der Waals surface area (Å²) in [6, 6.07) is 28.5. The van der Waals surface area contributed by atoms with Crippen molar-refractivity contribution in [2.24, 2.45) is 0 Å². The van der Waals surface area contributed by atoms with Crippen LogP contribution >= 0.6 is 12.2 Å². The lowest BCUT2D eigenvalue weighted by Crippen LogP contribution is -2.48. The quantitative estimate of drug-likeness (QED) is 0.0769. The lowest BCUT2D eigenvalue weighted by atomic mass is 9.90. The van der Waals surface area contributed by atoms with Crippen molar-refractivity contribution in [3.63, 3.8) is 0 Å². The van der Waals surface area contributed by atoms with E-state index in [0.29, 0.717) is 76.6 Å². The molecule has 3 aliphatic heterocycles.